The Morgan fingerprint density at radius 1 is 1.22 bits per heavy atom. The maximum absolute atomic E-state index is 5.45. The van der Waals surface area contributed by atoms with Crippen LogP contribution in [0.4, 0.5) is 0 Å². The number of hydrogen-bond donors (Lipinski definition) is 1. The van der Waals surface area contributed by atoms with Crippen molar-refractivity contribution in [3.8, 4) is 11.5 Å². The number of ether oxygens (including phenoxy) is 2. The Bertz CT molecular complexity index is 466. The Hall–Kier alpha value is -1.22. The Morgan fingerprint density at radius 3 is 2.44 bits per heavy atom. The van der Waals surface area contributed by atoms with Crippen LogP contribution in [-0.2, 0) is 5.41 Å². The average molecular weight is 247 g/mol. The van der Waals surface area contributed by atoms with Crippen molar-refractivity contribution in [2.45, 2.75) is 37.6 Å². The largest absolute Gasteiger partial charge is 0.493 e. The van der Waals surface area contributed by atoms with Crippen LogP contribution >= 0.6 is 0 Å². The Balaban J connectivity index is 2.13. The summed E-state index contributed by atoms with van der Waals surface area (Å²) < 4.78 is 10.9. The number of benzene rings is 1. The monoisotopic (exact) mass is 247 g/mol. The van der Waals surface area contributed by atoms with Crippen LogP contribution in [0.25, 0.3) is 0 Å². The second-order valence-electron chi connectivity index (χ2n) is 5.42. The normalized spacial score (nSPS) is 23.6. The molecular weight excluding hydrogens is 226 g/mol. The van der Waals surface area contributed by atoms with Crippen LogP contribution in [0.1, 0.15) is 43.4 Å². The zero-order valence-corrected chi connectivity index (χ0v) is 11.4. The second kappa shape index (κ2) is 4.16. The minimum Gasteiger partial charge on any atom is -0.493 e. The van der Waals surface area contributed by atoms with Crippen molar-refractivity contribution in [2.75, 3.05) is 20.8 Å². The van der Waals surface area contributed by atoms with Gasteiger partial charge < -0.3 is 14.8 Å². The lowest BCUT2D eigenvalue weighted by molar-refractivity contribution is 0.349. The van der Waals surface area contributed by atoms with Gasteiger partial charge in [0.15, 0.2) is 11.5 Å². The molecule has 1 aromatic rings. The minimum absolute atomic E-state index is 0.376. The molecule has 3 rings (SSSR count). The first-order valence-electron chi connectivity index (χ1n) is 6.74. The molecule has 0 bridgehead atoms. The minimum atomic E-state index is 0.376. The highest BCUT2D eigenvalue weighted by molar-refractivity contribution is 5.54. The van der Waals surface area contributed by atoms with Gasteiger partial charge in [0.05, 0.1) is 14.2 Å². The van der Waals surface area contributed by atoms with Gasteiger partial charge in [-0.25, -0.2) is 0 Å². The van der Waals surface area contributed by atoms with E-state index in [0.29, 0.717) is 11.5 Å². The summed E-state index contributed by atoms with van der Waals surface area (Å²) in [5.41, 5.74) is 3.25. The van der Waals surface area contributed by atoms with Crippen LogP contribution in [0.2, 0.25) is 0 Å². The smallest absolute Gasteiger partial charge is 0.161 e. The van der Waals surface area contributed by atoms with Gasteiger partial charge in [-0.05, 0) is 42.5 Å². The molecule has 1 heterocycles. The number of methoxy groups -OCH3 is 2. The van der Waals surface area contributed by atoms with Crippen LogP contribution in [0, 0.1) is 0 Å². The van der Waals surface area contributed by atoms with Crippen LogP contribution in [0.3, 0.4) is 0 Å². The number of fused-ring (bicyclic) bond motifs is 2. The molecular formula is C15H21NO2. The Kier molecular flexibility index (Phi) is 2.74. The van der Waals surface area contributed by atoms with Crippen molar-refractivity contribution in [3.63, 3.8) is 0 Å². The van der Waals surface area contributed by atoms with Gasteiger partial charge in [0.25, 0.3) is 0 Å². The van der Waals surface area contributed by atoms with E-state index in [0.717, 1.165) is 24.5 Å². The summed E-state index contributed by atoms with van der Waals surface area (Å²) in [5, 5.41) is 3.67. The molecule has 0 saturated heterocycles. The molecule has 1 atom stereocenters. The molecule has 18 heavy (non-hydrogen) atoms. The van der Waals surface area contributed by atoms with E-state index in [-0.39, 0.29) is 0 Å². The molecule has 3 nitrogen and oxygen atoms in total. The topological polar surface area (TPSA) is 30.5 Å². The number of hydrogen-bond acceptors (Lipinski definition) is 3. The van der Waals surface area contributed by atoms with Crippen LogP contribution in [-0.4, -0.2) is 20.8 Å². The first-order valence-corrected chi connectivity index (χ1v) is 6.74. The molecule has 0 radical (unpaired) electrons. The van der Waals surface area contributed by atoms with Gasteiger partial charge in [-0.15, -0.1) is 0 Å². The van der Waals surface area contributed by atoms with Gasteiger partial charge in [0.1, 0.15) is 0 Å². The lowest BCUT2D eigenvalue weighted by atomic mass is 9.83. The zero-order valence-electron chi connectivity index (χ0n) is 11.4. The lowest BCUT2D eigenvalue weighted by Gasteiger charge is -2.33. The molecule has 1 fully saturated rings. The summed E-state index contributed by atoms with van der Waals surface area (Å²) in [4.78, 5) is 0. The molecule has 1 saturated carbocycles. The SMILES string of the molecule is CCC1NCC2(CC2)c2cc(OC)c(OC)cc21. The average Bonchev–Trinajstić information content (AvgIpc) is 3.19. The molecule has 1 aromatic carbocycles. The zero-order chi connectivity index (χ0) is 12.8. The fourth-order valence-corrected chi connectivity index (χ4v) is 3.13. The second-order valence-corrected chi connectivity index (χ2v) is 5.42. The van der Waals surface area contributed by atoms with Crippen molar-refractivity contribution in [1.82, 2.24) is 5.32 Å². The van der Waals surface area contributed by atoms with Gasteiger partial charge in [-0.3, -0.25) is 0 Å². The molecule has 1 spiro atoms. The predicted molar refractivity (Wildman–Crippen MR) is 71.5 cm³/mol. The number of rotatable bonds is 3. The quantitative estimate of drug-likeness (QED) is 0.891. The van der Waals surface area contributed by atoms with Crippen LogP contribution < -0.4 is 14.8 Å². The van der Waals surface area contributed by atoms with Crippen molar-refractivity contribution in [2.24, 2.45) is 0 Å². The molecule has 1 N–H and O–H groups in total. The van der Waals surface area contributed by atoms with E-state index in [1.807, 2.05) is 0 Å². The molecule has 3 heteroatoms. The summed E-state index contributed by atoms with van der Waals surface area (Å²) in [6.45, 7) is 3.33. The summed E-state index contributed by atoms with van der Waals surface area (Å²) in [7, 11) is 3.41. The van der Waals surface area contributed by atoms with E-state index < -0.39 is 0 Å². The van der Waals surface area contributed by atoms with Gasteiger partial charge in [0.2, 0.25) is 0 Å². The molecule has 1 aliphatic carbocycles. The molecule has 2 aliphatic rings. The van der Waals surface area contributed by atoms with Crippen molar-refractivity contribution < 1.29 is 9.47 Å². The third-order valence-electron chi connectivity index (χ3n) is 4.45. The maximum atomic E-state index is 5.45. The van der Waals surface area contributed by atoms with Crippen molar-refractivity contribution in [1.29, 1.82) is 0 Å². The molecule has 0 amide bonds. The highest BCUT2D eigenvalue weighted by Crippen LogP contribution is 2.54. The highest BCUT2D eigenvalue weighted by Gasteiger charge is 2.49. The summed E-state index contributed by atoms with van der Waals surface area (Å²) in [5.74, 6) is 1.70. The first kappa shape index (κ1) is 11.8. The van der Waals surface area contributed by atoms with E-state index in [9.17, 15) is 0 Å². The predicted octanol–water partition coefficient (Wildman–Crippen LogP) is 2.79. The fourth-order valence-electron chi connectivity index (χ4n) is 3.13. The van der Waals surface area contributed by atoms with E-state index >= 15 is 0 Å². The third kappa shape index (κ3) is 1.61. The fraction of sp³-hybridized carbons (Fsp3) is 0.600. The van der Waals surface area contributed by atoms with Gasteiger partial charge >= 0.3 is 0 Å². The van der Waals surface area contributed by atoms with Gasteiger partial charge in [0, 0.05) is 18.0 Å². The summed E-state index contributed by atoms with van der Waals surface area (Å²) in [6.07, 6.45) is 3.69. The molecule has 98 valence electrons. The molecule has 1 aliphatic heterocycles. The standard InChI is InChI=1S/C15H21NO2/c1-4-12-10-7-13(17-2)14(18-3)8-11(10)15(5-6-15)9-16-12/h7-8,12,16H,4-6,9H2,1-3H3. The van der Waals surface area contributed by atoms with E-state index in [1.54, 1.807) is 14.2 Å². The summed E-state index contributed by atoms with van der Waals surface area (Å²) >= 11 is 0. The Labute approximate surface area is 108 Å². The van der Waals surface area contributed by atoms with Crippen LogP contribution in [0.5, 0.6) is 11.5 Å². The highest BCUT2D eigenvalue weighted by atomic mass is 16.5. The summed E-state index contributed by atoms with van der Waals surface area (Å²) in [6, 6.07) is 4.81. The Morgan fingerprint density at radius 2 is 1.89 bits per heavy atom. The van der Waals surface area contributed by atoms with Crippen molar-refractivity contribution in [3.05, 3.63) is 23.3 Å². The van der Waals surface area contributed by atoms with E-state index in [2.05, 4.69) is 24.4 Å². The maximum Gasteiger partial charge on any atom is 0.161 e. The van der Waals surface area contributed by atoms with Gasteiger partial charge in [-0.1, -0.05) is 6.92 Å². The molecule has 1 unspecified atom stereocenters. The first-order chi connectivity index (χ1) is 8.74. The number of nitrogens with one attached hydrogen (secondary N) is 1. The molecule has 0 aromatic heterocycles. The van der Waals surface area contributed by atoms with E-state index in [1.165, 1.54) is 24.0 Å². The van der Waals surface area contributed by atoms with Crippen LogP contribution in [0.15, 0.2) is 12.1 Å². The van der Waals surface area contributed by atoms with Crippen molar-refractivity contribution >= 4 is 0 Å². The van der Waals surface area contributed by atoms with E-state index in [4.69, 9.17) is 9.47 Å². The third-order valence-corrected chi connectivity index (χ3v) is 4.45. The lowest BCUT2D eigenvalue weighted by Crippen LogP contribution is -2.37. The van der Waals surface area contributed by atoms with Gasteiger partial charge in [-0.2, -0.15) is 0 Å².